The van der Waals surface area contributed by atoms with Crippen molar-refractivity contribution in [1.29, 1.82) is 0 Å². The number of rotatable bonds is 3. The van der Waals surface area contributed by atoms with Gasteiger partial charge in [0.2, 0.25) is 11.8 Å². The van der Waals surface area contributed by atoms with Crippen molar-refractivity contribution in [3.05, 3.63) is 18.0 Å². The first-order chi connectivity index (χ1) is 8.15. The van der Waals surface area contributed by atoms with Crippen molar-refractivity contribution in [3.8, 4) is 0 Å². The normalized spacial score (nSPS) is 20.2. The molecule has 1 unspecified atom stereocenters. The predicted molar refractivity (Wildman–Crippen MR) is 63.4 cm³/mol. The van der Waals surface area contributed by atoms with Crippen LogP contribution in [0.15, 0.2) is 17.4 Å². The van der Waals surface area contributed by atoms with Crippen molar-refractivity contribution in [1.82, 2.24) is 15.3 Å². The van der Waals surface area contributed by atoms with E-state index in [1.165, 1.54) is 11.8 Å². The Morgan fingerprint density at radius 1 is 1.53 bits per heavy atom. The van der Waals surface area contributed by atoms with E-state index in [1.54, 1.807) is 6.20 Å². The van der Waals surface area contributed by atoms with E-state index in [9.17, 15) is 9.59 Å². The molecule has 2 heterocycles. The Bertz CT molecular complexity index is 450. The van der Waals surface area contributed by atoms with Gasteiger partial charge in [-0.1, -0.05) is 11.8 Å². The molecule has 0 radical (unpaired) electrons. The minimum absolute atomic E-state index is 0.123. The van der Waals surface area contributed by atoms with Crippen LogP contribution in [0.2, 0.25) is 0 Å². The zero-order valence-corrected chi connectivity index (χ0v) is 10.3. The fourth-order valence-electron chi connectivity index (χ4n) is 1.57. The van der Waals surface area contributed by atoms with E-state index >= 15 is 0 Å². The van der Waals surface area contributed by atoms with Gasteiger partial charge in [0.25, 0.3) is 0 Å². The standard InChI is InChI=1S/C11H13N3O2S/c1-7-4-5-12-11(13-7)17-6-8-2-3-9(15)14-10(8)16/h4-5,8H,2-3,6H2,1H3,(H,14,15,16). The second kappa shape index (κ2) is 5.27. The SMILES string of the molecule is Cc1ccnc(SCC2CCC(=O)NC2=O)n1. The summed E-state index contributed by atoms with van der Waals surface area (Å²) >= 11 is 1.45. The number of nitrogens with zero attached hydrogens (tertiary/aromatic N) is 2. The van der Waals surface area contributed by atoms with Crippen LogP contribution >= 0.6 is 11.8 Å². The number of amides is 2. The van der Waals surface area contributed by atoms with Gasteiger partial charge >= 0.3 is 0 Å². The smallest absolute Gasteiger partial charge is 0.230 e. The molecule has 1 aromatic rings. The number of carbonyl (C=O) groups excluding carboxylic acids is 2. The predicted octanol–water partition coefficient (Wildman–Crippen LogP) is 0.930. The fraction of sp³-hybridized carbons (Fsp3) is 0.455. The largest absolute Gasteiger partial charge is 0.296 e. The lowest BCUT2D eigenvalue weighted by molar-refractivity contribution is -0.135. The van der Waals surface area contributed by atoms with Crippen molar-refractivity contribution in [2.45, 2.75) is 24.9 Å². The summed E-state index contributed by atoms with van der Waals surface area (Å²) in [6.45, 7) is 1.90. The summed E-state index contributed by atoms with van der Waals surface area (Å²) in [6, 6.07) is 1.83. The van der Waals surface area contributed by atoms with Crippen LogP contribution in [0.1, 0.15) is 18.5 Å². The van der Waals surface area contributed by atoms with E-state index in [2.05, 4.69) is 15.3 Å². The third-order valence-corrected chi connectivity index (χ3v) is 3.56. The van der Waals surface area contributed by atoms with E-state index < -0.39 is 0 Å². The number of imide groups is 1. The van der Waals surface area contributed by atoms with Crippen LogP contribution < -0.4 is 5.32 Å². The van der Waals surface area contributed by atoms with Gasteiger partial charge in [0.05, 0.1) is 0 Å². The van der Waals surface area contributed by atoms with Gasteiger partial charge in [0.15, 0.2) is 5.16 Å². The fourth-order valence-corrected chi connectivity index (χ4v) is 2.58. The minimum atomic E-state index is -0.179. The molecule has 1 aliphatic rings. The summed E-state index contributed by atoms with van der Waals surface area (Å²) < 4.78 is 0. The Kier molecular flexibility index (Phi) is 3.73. The van der Waals surface area contributed by atoms with Crippen molar-refractivity contribution in [2.24, 2.45) is 5.92 Å². The lowest BCUT2D eigenvalue weighted by Crippen LogP contribution is -2.41. The van der Waals surface area contributed by atoms with E-state index in [1.807, 2.05) is 13.0 Å². The molecular weight excluding hydrogens is 238 g/mol. The quantitative estimate of drug-likeness (QED) is 0.491. The van der Waals surface area contributed by atoms with Crippen LogP contribution in [0, 0.1) is 12.8 Å². The highest BCUT2D eigenvalue weighted by Gasteiger charge is 2.26. The zero-order valence-electron chi connectivity index (χ0n) is 9.47. The van der Waals surface area contributed by atoms with Gasteiger partial charge in [-0.15, -0.1) is 0 Å². The van der Waals surface area contributed by atoms with Gasteiger partial charge in [-0.05, 0) is 19.4 Å². The molecule has 1 N–H and O–H groups in total. The van der Waals surface area contributed by atoms with Gasteiger partial charge in [-0.3, -0.25) is 14.9 Å². The van der Waals surface area contributed by atoms with E-state index in [4.69, 9.17) is 0 Å². The average Bonchev–Trinajstić information content (AvgIpc) is 2.28. The van der Waals surface area contributed by atoms with Crippen molar-refractivity contribution >= 4 is 23.6 Å². The van der Waals surface area contributed by atoms with E-state index in [-0.39, 0.29) is 17.7 Å². The summed E-state index contributed by atoms with van der Waals surface area (Å²) in [6.07, 6.45) is 2.74. The number of thioether (sulfide) groups is 1. The second-order valence-corrected chi connectivity index (χ2v) is 4.93. The Hall–Kier alpha value is -1.43. The molecule has 1 aromatic heterocycles. The van der Waals surface area contributed by atoms with Crippen LogP contribution in [0.5, 0.6) is 0 Å². The monoisotopic (exact) mass is 251 g/mol. The molecule has 6 heteroatoms. The van der Waals surface area contributed by atoms with E-state index in [0.717, 1.165) is 5.69 Å². The molecule has 17 heavy (non-hydrogen) atoms. The number of nitrogens with one attached hydrogen (secondary N) is 1. The van der Waals surface area contributed by atoms with E-state index in [0.29, 0.717) is 23.8 Å². The first-order valence-electron chi connectivity index (χ1n) is 5.41. The highest BCUT2D eigenvalue weighted by atomic mass is 32.2. The second-order valence-electron chi connectivity index (χ2n) is 3.94. The third kappa shape index (κ3) is 3.26. The topological polar surface area (TPSA) is 72.0 Å². The highest BCUT2D eigenvalue weighted by Crippen LogP contribution is 2.21. The van der Waals surface area contributed by atoms with Crippen LogP contribution in [0.25, 0.3) is 0 Å². The summed E-state index contributed by atoms with van der Waals surface area (Å²) in [4.78, 5) is 30.8. The highest BCUT2D eigenvalue weighted by molar-refractivity contribution is 7.99. The molecule has 5 nitrogen and oxygen atoms in total. The summed E-state index contributed by atoms with van der Waals surface area (Å²) in [5, 5.41) is 3.02. The first-order valence-corrected chi connectivity index (χ1v) is 6.40. The average molecular weight is 251 g/mol. The molecular formula is C11H13N3O2S. The maximum absolute atomic E-state index is 11.5. The molecule has 1 fully saturated rings. The van der Waals surface area contributed by atoms with Crippen molar-refractivity contribution < 1.29 is 9.59 Å². The molecule has 0 saturated carbocycles. The Morgan fingerprint density at radius 3 is 3.06 bits per heavy atom. The Labute approximate surface area is 103 Å². The summed E-state index contributed by atoms with van der Waals surface area (Å²) in [5.74, 6) is 0.133. The van der Waals surface area contributed by atoms with Crippen molar-refractivity contribution in [2.75, 3.05) is 5.75 Å². The van der Waals surface area contributed by atoms with Gasteiger partial charge in [-0.25, -0.2) is 9.97 Å². The number of piperidine rings is 1. The number of carbonyl (C=O) groups is 2. The van der Waals surface area contributed by atoms with Gasteiger partial charge < -0.3 is 0 Å². The molecule has 90 valence electrons. The Balaban J connectivity index is 1.90. The van der Waals surface area contributed by atoms with Gasteiger partial charge in [-0.2, -0.15) is 0 Å². The Morgan fingerprint density at radius 2 is 2.35 bits per heavy atom. The lowest BCUT2D eigenvalue weighted by atomic mass is 10.0. The van der Waals surface area contributed by atoms with Crippen molar-refractivity contribution in [3.63, 3.8) is 0 Å². The lowest BCUT2D eigenvalue weighted by Gasteiger charge is -2.19. The molecule has 0 spiro atoms. The maximum Gasteiger partial charge on any atom is 0.230 e. The molecule has 0 bridgehead atoms. The third-order valence-electron chi connectivity index (χ3n) is 2.54. The number of aryl methyl sites for hydroxylation is 1. The molecule has 2 rings (SSSR count). The molecule has 0 aromatic carbocycles. The summed E-state index contributed by atoms with van der Waals surface area (Å²) in [5.41, 5.74) is 0.908. The van der Waals surface area contributed by atoms with Gasteiger partial charge in [0, 0.05) is 30.0 Å². The molecule has 0 aliphatic carbocycles. The van der Waals surface area contributed by atoms with Crippen LogP contribution in [0.3, 0.4) is 0 Å². The van der Waals surface area contributed by atoms with Crippen LogP contribution in [0.4, 0.5) is 0 Å². The molecule has 1 saturated heterocycles. The minimum Gasteiger partial charge on any atom is -0.296 e. The summed E-state index contributed by atoms with van der Waals surface area (Å²) in [7, 11) is 0. The van der Waals surface area contributed by atoms with Gasteiger partial charge in [0.1, 0.15) is 0 Å². The molecule has 1 atom stereocenters. The number of hydrogen-bond acceptors (Lipinski definition) is 5. The van der Waals surface area contributed by atoms with Crippen LogP contribution in [-0.2, 0) is 9.59 Å². The zero-order chi connectivity index (χ0) is 12.3. The molecule has 1 aliphatic heterocycles. The maximum atomic E-state index is 11.5. The number of hydrogen-bond donors (Lipinski definition) is 1. The molecule has 2 amide bonds. The number of aromatic nitrogens is 2. The van der Waals surface area contributed by atoms with Crippen LogP contribution in [-0.4, -0.2) is 27.5 Å². The first kappa shape index (κ1) is 12.0.